The molecule has 2 aromatic rings. The number of primary amides is 1. The van der Waals surface area contributed by atoms with Crippen LogP contribution < -0.4 is 5.73 Å². The summed E-state index contributed by atoms with van der Waals surface area (Å²) < 4.78 is 5.14. The van der Waals surface area contributed by atoms with Crippen LogP contribution in [0.5, 0.6) is 0 Å². The summed E-state index contributed by atoms with van der Waals surface area (Å²) in [6, 6.07) is 13.0. The zero-order chi connectivity index (χ0) is 17.8. The zero-order valence-corrected chi connectivity index (χ0v) is 13.8. The predicted octanol–water partition coefficient (Wildman–Crippen LogP) is 1.72. The molecule has 0 aromatic heterocycles. The molecule has 1 fully saturated rings. The Morgan fingerprint density at radius 2 is 1.88 bits per heavy atom. The van der Waals surface area contributed by atoms with Crippen molar-refractivity contribution in [2.24, 2.45) is 11.7 Å². The van der Waals surface area contributed by atoms with Crippen molar-refractivity contribution in [1.82, 2.24) is 4.90 Å². The summed E-state index contributed by atoms with van der Waals surface area (Å²) in [6.07, 6.45) is 1.41. The van der Waals surface area contributed by atoms with Gasteiger partial charge in [-0.05, 0) is 35.7 Å². The number of nitrogens with zero attached hydrogens (tertiary/aromatic N) is 1. The maximum Gasteiger partial charge on any atom is 0.338 e. The van der Waals surface area contributed by atoms with Gasteiger partial charge in [0.05, 0.1) is 11.5 Å². The molecule has 6 nitrogen and oxygen atoms in total. The van der Waals surface area contributed by atoms with Crippen molar-refractivity contribution in [3.63, 3.8) is 0 Å². The zero-order valence-electron chi connectivity index (χ0n) is 13.8. The van der Waals surface area contributed by atoms with Crippen LogP contribution in [0.2, 0.25) is 0 Å². The quantitative estimate of drug-likeness (QED) is 0.858. The second-order valence-electron chi connectivity index (χ2n) is 6.22. The van der Waals surface area contributed by atoms with E-state index in [2.05, 4.69) is 0 Å². The van der Waals surface area contributed by atoms with Crippen molar-refractivity contribution >= 4 is 28.6 Å². The highest BCUT2D eigenvalue weighted by atomic mass is 16.5. The number of likely N-dealkylation sites (tertiary alicyclic amines) is 1. The lowest BCUT2D eigenvalue weighted by molar-refractivity contribution is -0.137. The largest absolute Gasteiger partial charge is 0.452 e. The molecule has 25 heavy (non-hydrogen) atoms. The number of piperidine rings is 1. The number of hydrogen-bond acceptors (Lipinski definition) is 4. The summed E-state index contributed by atoms with van der Waals surface area (Å²) >= 11 is 0. The fraction of sp³-hybridized carbons (Fsp3) is 0.316. The molecule has 6 heteroatoms. The van der Waals surface area contributed by atoms with Gasteiger partial charge in [0.15, 0.2) is 6.61 Å². The first-order chi connectivity index (χ1) is 12.0. The molecule has 0 spiro atoms. The van der Waals surface area contributed by atoms with Crippen molar-refractivity contribution in [3.05, 3.63) is 48.0 Å². The third-order valence-electron chi connectivity index (χ3n) is 4.49. The minimum Gasteiger partial charge on any atom is -0.452 e. The van der Waals surface area contributed by atoms with Gasteiger partial charge in [0.1, 0.15) is 0 Å². The fourth-order valence-corrected chi connectivity index (χ4v) is 3.05. The molecule has 130 valence electrons. The monoisotopic (exact) mass is 340 g/mol. The molecular weight excluding hydrogens is 320 g/mol. The lowest BCUT2D eigenvalue weighted by atomic mass is 9.97. The predicted molar refractivity (Wildman–Crippen MR) is 92.7 cm³/mol. The number of rotatable bonds is 4. The van der Waals surface area contributed by atoms with E-state index >= 15 is 0 Å². The number of amides is 2. The van der Waals surface area contributed by atoms with E-state index in [0.29, 0.717) is 25.1 Å². The normalized spacial score (nSPS) is 17.3. The van der Waals surface area contributed by atoms with Crippen LogP contribution >= 0.6 is 0 Å². The molecule has 1 aliphatic rings. The highest BCUT2D eigenvalue weighted by Gasteiger charge is 2.27. The number of ether oxygens (including phenoxy) is 1. The summed E-state index contributed by atoms with van der Waals surface area (Å²) in [4.78, 5) is 37.2. The van der Waals surface area contributed by atoms with Crippen molar-refractivity contribution in [2.75, 3.05) is 19.7 Å². The molecule has 2 N–H and O–H groups in total. The van der Waals surface area contributed by atoms with E-state index in [9.17, 15) is 14.4 Å². The first-order valence-electron chi connectivity index (χ1n) is 8.27. The van der Waals surface area contributed by atoms with Gasteiger partial charge in [-0.25, -0.2) is 4.79 Å². The fourth-order valence-electron chi connectivity index (χ4n) is 3.05. The van der Waals surface area contributed by atoms with Crippen LogP contribution in [0.3, 0.4) is 0 Å². The molecule has 1 heterocycles. The van der Waals surface area contributed by atoms with Crippen LogP contribution in [-0.4, -0.2) is 42.4 Å². The molecule has 0 bridgehead atoms. The highest BCUT2D eigenvalue weighted by Crippen LogP contribution is 2.18. The van der Waals surface area contributed by atoms with Crippen LogP contribution in [0.25, 0.3) is 10.8 Å². The first-order valence-corrected chi connectivity index (χ1v) is 8.27. The molecule has 0 aliphatic carbocycles. The van der Waals surface area contributed by atoms with E-state index in [-0.39, 0.29) is 18.4 Å². The molecule has 0 radical (unpaired) electrons. The maximum atomic E-state index is 12.2. The average molecular weight is 340 g/mol. The first kappa shape index (κ1) is 17.0. The Labute approximate surface area is 145 Å². The van der Waals surface area contributed by atoms with Gasteiger partial charge in [-0.3, -0.25) is 9.59 Å². The Morgan fingerprint density at radius 1 is 1.12 bits per heavy atom. The minimum absolute atomic E-state index is 0.293. The van der Waals surface area contributed by atoms with Crippen LogP contribution in [0.15, 0.2) is 42.5 Å². The van der Waals surface area contributed by atoms with Crippen molar-refractivity contribution in [3.8, 4) is 0 Å². The number of fused-ring (bicyclic) bond motifs is 1. The second-order valence-corrected chi connectivity index (χ2v) is 6.22. The van der Waals surface area contributed by atoms with Gasteiger partial charge in [0, 0.05) is 13.1 Å². The Bertz CT molecular complexity index is 818. The standard InChI is InChI=1S/C19H20N2O4/c20-18(23)16-6-3-9-21(11-16)17(22)12-25-19(24)15-8-7-13-4-1-2-5-14(13)10-15/h1-2,4-5,7-8,10,16H,3,6,9,11-12H2,(H2,20,23)/t16-/m0/s1. The van der Waals surface area contributed by atoms with Crippen LogP contribution in [0, 0.1) is 5.92 Å². The molecule has 3 rings (SSSR count). The van der Waals surface area contributed by atoms with Crippen LogP contribution in [0.4, 0.5) is 0 Å². The molecule has 2 amide bonds. The smallest absolute Gasteiger partial charge is 0.338 e. The SMILES string of the molecule is NC(=O)[C@H]1CCCN(C(=O)COC(=O)c2ccc3ccccc3c2)C1. The lowest BCUT2D eigenvalue weighted by Crippen LogP contribution is -2.45. The second kappa shape index (κ2) is 7.34. The van der Waals surface area contributed by atoms with Crippen molar-refractivity contribution in [2.45, 2.75) is 12.8 Å². The van der Waals surface area contributed by atoms with Gasteiger partial charge in [-0.2, -0.15) is 0 Å². The van der Waals surface area contributed by atoms with Gasteiger partial charge in [0.2, 0.25) is 5.91 Å². The Kier molecular flexibility index (Phi) is 4.97. The molecule has 2 aromatic carbocycles. The van der Waals surface area contributed by atoms with Crippen LogP contribution in [-0.2, 0) is 14.3 Å². The molecule has 1 aliphatic heterocycles. The number of benzene rings is 2. The van der Waals surface area contributed by atoms with Gasteiger partial charge >= 0.3 is 5.97 Å². The summed E-state index contributed by atoms with van der Waals surface area (Å²) in [6.45, 7) is 0.509. The van der Waals surface area contributed by atoms with Crippen molar-refractivity contribution in [1.29, 1.82) is 0 Å². The van der Waals surface area contributed by atoms with E-state index in [1.165, 1.54) is 4.90 Å². The summed E-state index contributed by atoms with van der Waals surface area (Å²) in [5.41, 5.74) is 5.71. The number of carbonyl (C=O) groups excluding carboxylic acids is 3. The molecule has 1 saturated heterocycles. The molecular formula is C19H20N2O4. The average Bonchev–Trinajstić information content (AvgIpc) is 2.65. The lowest BCUT2D eigenvalue weighted by Gasteiger charge is -2.31. The third-order valence-corrected chi connectivity index (χ3v) is 4.49. The maximum absolute atomic E-state index is 12.2. The van der Waals surface area contributed by atoms with Crippen molar-refractivity contribution < 1.29 is 19.1 Å². The van der Waals surface area contributed by atoms with E-state index in [4.69, 9.17) is 10.5 Å². The van der Waals surface area contributed by atoms with E-state index < -0.39 is 11.9 Å². The minimum atomic E-state index is -0.539. The highest BCUT2D eigenvalue weighted by molar-refractivity contribution is 5.96. The topological polar surface area (TPSA) is 89.7 Å². The summed E-state index contributed by atoms with van der Waals surface area (Å²) in [5, 5.41) is 1.96. The van der Waals surface area contributed by atoms with Crippen LogP contribution in [0.1, 0.15) is 23.2 Å². The molecule has 0 saturated carbocycles. The van der Waals surface area contributed by atoms with Gasteiger partial charge in [0.25, 0.3) is 5.91 Å². The summed E-state index contributed by atoms with van der Waals surface area (Å²) in [7, 11) is 0. The number of esters is 1. The van der Waals surface area contributed by atoms with E-state index in [0.717, 1.165) is 17.2 Å². The third kappa shape index (κ3) is 3.96. The molecule has 0 unspecified atom stereocenters. The van der Waals surface area contributed by atoms with E-state index in [1.807, 2.05) is 30.3 Å². The summed E-state index contributed by atoms with van der Waals surface area (Å²) in [5.74, 6) is -1.57. The van der Waals surface area contributed by atoms with Gasteiger partial charge < -0.3 is 15.4 Å². The Morgan fingerprint density at radius 3 is 2.64 bits per heavy atom. The van der Waals surface area contributed by atoms with Gasteiger partial charge in [-0.15, -0.1) is 0 Å². The molecule has 1 atom stereocenters. The van der Waals surface area contributed by atoms with E-state index in [1.54, 1.807) is 12.1 Å². The number of nitrogens with two attached hydrogens (primary N) is 1. The number of carbonyl (C=O) groups is 3. The Balaban J connectivity index is 1.59. The number of hydrogen-bond donors (Lipinski definition) is 1. The van der Waals surface area contributed by atoms with Gasteiger partial charge in [-0.1, -0.05) is 30.3 Å². The Hall–Kier alpha value is -2.89.